The van der Waals surface area contributed by atoms with Gasteiger partial charge in [-0.05, 0) is 86.2 Å². The number of aliphatic hydroxyl groups is 1. The summed E-state index contributed by atoms with van der Waals surface area (Å²) in [5.74, 6) is 1.63. The lowest BCUT2D eigenvalue weighted by Crippen LogP contribution is -2.52. The third-order valence-corrected chi connectivity index (χ3v) is 9.10. The minimum Gasteiger partial charge on any atom is -0.463 e. The van der Waals surface area contributed by atoms with Crippen molar-refractivity contribution in [2.75, 3.05) is 13.2 Å². The fraction of sp³-hybridized carbons (Fsp3) is 0.750. The molecular weight excluding hydrogens is 352 g/mol. The Balaban J connectivity index is 1.70. The molecule has 7 atom stereocenters. The molecule has 0 bridgehead atoms. The van der Waals surface area contributed by atoms with Gasteiger partial charge in [0.25, 0.3) is 0 Å². The minimum atomic E-state index is -0.280. The van der Waals surface area contributed by atoms with Crippen LogP contribution in [0.3, 0.4) is 0 Å². The third-order valence-electron chi connectivity index (χ3n) is 9.10. The number of carbonyl (C=O) groups is 2. The first-order valence-corrected chi connectivity index (χ1v) is 11.0. The van der Waals surface area contributed by atoms with Crippen LogP contribution in [0.1, 0.15) is 59.3 Å². The molecule has 0 aromatic heterocycles. The Morgan fingerprint density at radius 2 is 2.07 bits per heavy atom. The van der Waals surface area contributed by atoms with Crippen LogP contribution in [0, 0.1) is 40.4 Å². The molecule has 4 nitrogen and oxygen atoms in total. The molecule has 0 heterocycles. The molecule has 0 radical (unpaired) electrons. The van der Waals surface area contributed by atoms with E-state index in [1.54, 1.807) is 0 Å². The smallest absolute Gasteiger partial charge is 0.334 e. The van der Waals surface area contributed by atoms with Crippen LogP contribution in [0.2, 0.25) is 0 Å². The molecule has 2 fully saturated rings. The molecule has 4 heteroatoms. The minimum absolute atomic E-state index is 0.171. The Bertz CT molecular complexity index is 722. The van der Waals surface area contributed by atoms with Gasteiger partial charge in [0.2, 0.25) is 0 Å². The topological polar surface area (TPSA) is 63.6 Å². The van der Waals surface area contributed by atoms with Crippen molar-refractivity contribution < 1.29 is 19.4 Å². The average molecular weight is 387 g/mol. The molecule has 4 aliphatic rings. The second kappa shape index (κ2) is 7.12. The Morgan fingerprint density at radius 3 is 2.75 bits per heavy atom. The molecule has 0 saturated heterocycles. The fourth-order valence-electron chi connectivity index (χ4n) is 7.42. The highest BCUT2D eigenvalue weighted by atomic mass is 16.5. The van der Waals surface area contributed by atoms with Crippen molar-refractivity contribution in [3.8, 4) is 0 Å². The van der Waals surface area contributed by atoms with E-state index in [-0.39, 0.29) is 22.7 Å². The number of carbonyl (C=O) groups excluding carboxylic acids is 2. The van der Waals surface area contributed by atoms with Crippen LogP contribution in [0.4, 0.5) is 0 Å². The van der Waals surface area contributed by atoms with Crippen molar-refractivity contribution in [1.29, 1.82) is 0 Å². The van der Waals surface area contributed by atoms with Gasteiger partial charge in [-0.1, -0.05) is 19.9 Å². The van der Waals surface area contributed by atoms with E-state index < -0.39 is 0 Å². The number of esters is 1. The first-order chi connectivity index (χ1) is 13.4. The molecule has 154 valence electrons. The molecular formula is C24H34O4. The van der Waals surface area contributed by atoms with E-state index >= 15 is 0 Å². The standard InChI is InChI=1S/C24H34O4/c1-4-28-22(27)15-11-16-5-7-19-20-8-6-17(13-25)23(20,2)10-9-21(19)24(16,3)18(12-15)14-26/h5,11,14,17-21,25H,4,6-10,12-13H2,1-3H3/t17?,18?,19-,20-,21-,23+,24+/m0/s1. The summed E-state index contributed by atoms with van der Waals surface area (Å²) in [6, 6.07) is 0. The van der Waals surface area contributed by atoms with Gasteiger partial charge in [-0.3, -0.25) is 0 Å². The van der Waals surface area contributed by atoms with Gasteiger partial charge in [0.1, 0.15) is 6.29 Å². The maximum absolute atomic E-state index is 12.3. The number of hydrogen-bond acceptors (Lipinski definition) is 4. The number of fused-ring (bicyclic) bond motifs is 5. The maximum atomic E-state index is 12.3. The Labute approximate surface area is 168 Å². The highest BCUT2D eigenvalue weighted by molar-refractivity contribution is 5.90. The first kappa shape index (κ1) is 19.9. The summed E-state index contributed by atoms with van der Waals surface area (Å²) in [4.78, 5) is 24.5. The van der Waals surface area contributed by atoms with Crippen LogP contribution in [-0.2, 0) is 14.3 Å². The second-order valence-electron chi connectivity index (χ2n) is 9.89. The number of aliphatic hydroxyl groups excluding tert-OH is 1. The lowest BCUT2D eigenvalue weighted by atomic mass is 9.46. The Kier molecular flexibility index (Phi) is 5.06. The Morgan fingerprint density at radius 1 is 1.29 bits per heavy atom. The quantitative estimate of drug-likeness (QED) is 0.584. The van der Waals surface area contributed by atoms with Crippen molar-refractivity contribution >= 4 is 12.3 Å². The highest BCUT2D eigenvalue weighted by Crippen LogP contribution is 2.66. The molecule has 2 unspecified atom stereocenters. The summed E-state index contributed by atoms with van der Waals surface area (Å²) in [6.07, 6.45) is 11.5. The van der Waals surface area contributed by atoms with Gasteiger partial charge in [-0.15, -0.1) is 0 Å². The van der Waals surface area contributed by atoms with Gasteiger partial charge in [-0.25, -0.2) is 4.79 Å². The van der Waals surface area contributed by atoms with Gasteiger partial charge < -0.3 is 14.6 Å². The number of aldehydes is 1. The lowest BCUT2D eigenvalue weighted by Gasteiger charge is -2.58. The van der Waals surface area contributed by atoms with Crippen molar-refractivity contribution in [3.05, 3.63) is 23.3 Å². The zero-order chi connectivity index (χ0) is 20.1. The number of rotatable bonds is 4. The summed E-state index contributed by atoms with van der Waals surface area (Å²) in [5, 5.41) is 9.90. The summed E-state index contributed by atoms with van der Waals surface area (Å²) in [5.41, 5.74) is 1.84. The predicted molar refractivity (Wildman–Crippen MR) is 107 cm³/mol. The van der Waals surface area contributed by atoms with Gasteiger partial charge >= 0.3 is 5.97 Å². The normalized spacial score (nSPS) is 44.5. The maximum Gasteiger partial charge on any atom is 0.334 e. The van der Waals surface area contributed by atoms with E-state index in [1.807, 2.05) is 13.0 Å². The van der Waals surface area contributed by atoms with E-state index in [4.69, 9.17) is 4.74 Å². The van der Waals surface area contributed by atoms with Crippen molar-refractivity contribution in [2.45, 2.75) is 59.3 Å². The predicted octanol–water partition coefficient (Wildman–Crippen LogP) is 4.08. The second-order valence-corrected chi connectivity index (χ2v) is 9.89. The van der Waals surface area contributed by atoms with Crippen LogP contribution in [-0.4, -0.2) is 30.6 Å². The molecule has 0 aromatic rings. The van der Waals surface area contributed by atoms with Crippen LogP contribution in [0.5, 0.6) is 0 Å². The molecule has 28 heavy (non-hydrogen) atoms. The van der Waals surface area contributed by atoms with Crippen LogP contribution < -0.4 is 0 Å². The highest BCUT2D eigenvalue weighted by Gasteiger charge is 2.60. The molecule has 2 saturated carbocycles. The summed E-state index contributed by atoms with van der Waals surface area (Å²) in [6.45, 7) is 7.11. The van der Waals surface area contributed by atoms with E-state index in [0.29, 0.717) is 48.9 Å². The zero-order valence-electron chi connectivity index (χ0n) is 17.4. The molecule has 0 aliphatic heterocycles. The summed E-state index contributed by atoms with van der Waals surface area (Å²) in [7, 11) is 0. The Hall–Kier alpha value is -1.42. The molecule has 4 rings (SSSR count). The van der Waals surface area contributed by atoms with Gasteiger partial charge in [0, 0.05) is 23.5 Å². The lowest BCUT2D eigenvalue weighted by molar-refractivity contribution is -0.139. The average Bonchev–Trinajstić information content (AvgIpc) is 3.03. The van der Waals surface area contributed by atoms with Crippen LogP contribution >= 0.6 is 0 Å². The number of ether oxygens (including phenoxy) is 1. The SMILES string of the molecule is CCOC(=O)C1=CC2=CC[C@H]3[C@@H]4CCC(CO)[C@@]4(C)CC[C@@H]3[C@@]2(C)C(C=O)C1. The van der Waals surface area contributed by atoms with E-state index in [9.17, 15) is 14.7 Å². The van der Waals surface area contributed by atoms with E-state index in [0.717, 1.165) is 32.0 Å². The number of hydrogen-bond donors (Lipinski definition) is 1. The molecule has 0 amide bonds. The third kappa shape index (κ3) is 2.67. The van der Waals surface area contributed by atoms with Crippen molar-refractivity contribution in [1.82, 2.24) is 0 Å². The van der Waals surface area contributed by atoms with Gasteiger partial charge in [0.15, 0.2) is 0 Å². The van der Waals surface area contributed by atoms with E-state index in [2.05, 4.69) is 19.9 Å². The first-order valence-electron chi connectivity index (χ1n) is 11.0. The van der Waals surface area contributed by atoms with Gasteiger partial charge in [0.05, 0.1) is 6.61 Å². The molecule has 1 N–H and O–H groups in total. The summed E-state index contributed by atoms with van der Waals surface area (Å²) < 4.78 is 5.21. The molecule has 0 spiro atoms. The van der Waals surface area contributed by atoms with E-state index in [1.165, 1.54) is 12.0 Å². The summed E-state index contributed by atoms with van der Waals surface area (Å²) >= 11 is 0. The van der Waals surface area contributed by atoms with Crippen LogP contribution in [0.25, 0.3) is 0 Å². The van der Waals surface area contributed by atoms with Crippen molar-refractivity contribution in [2.24, 2.45) is 40.4 Å². The van der Waals surface area contributed by atoms with Gasteiger partial charge in [-0.2, -0.15) is 0 Å². The fourth-order valence-corrected chi connectivity index (χ4v) is 7.42. The van der Waals surface area contributed by atoms with Crippen LogP contribution in [0.15, 0.2) is 23.3 Å². The van der Waals surface area contributed by atoms with Crippen molar-refractivity contribution in [3.63, 3.8) is 0 Å². The largest absolute Gasteiger partial charge is 0.463 e. The molecule has 0 aromatic carbocycles. The zero-order valence-corrected chi connectivity index (χ0v) is 17.4. The number of allylic oxidation sites excluding steroid dienone is 3. The molecule has 4 aliphatic carbocycles. The monoisotopic (exact) mass is 386 g/mol.